The van der Waals surface area contributed by atoms with Crippen molar-refractivity contribution >= 4 is 155 Å². The van der Waals surface area contributed by atoms with Gasteiger partial charge in [0.05, 0.1) is 87.4 Å². The molecular weight excluding hydrogens is 2000 g/mol. The molecule has 9 saturated heterocycles. The van der Waals surface area contributed by atoms with Crippen molar-refractivity contribution in [1.82, 2.24) is 97.2 Å². The number of phosphoric ester groups is 6. The Bertz CT molecular complexity index is 7200. The van der Waals surface area contributed by atoms with Gasteiger partial charge in [-0.05, 0) is 18.2 Å². The van der Waals surface area contributed by atoms with Gasteiger partial charge < -0.3 is 121 Å². The van der Waals surface area contributed by atoms with Crippen LogP contribution in [0.2, 0.25) is 5.02 Å². The number of nitrogen functional groups attached to an aromatic ring is 4. The average molecular weight is 2070 g/mol. The fraction of sp³-hybridized carbons (Fsp3) is 0.477. The third-order valence-electron chi connectivity index (χ3n) is 22.6. The number of imidazole rings is 5. The fourth-order valence-corrected chi connectivity index (χ4v) is 22.4. The summed E-state index contributed by atoms with van der Waals surface area (Å²) in [6.45, 7) is -5.00. The molecule has 6 unspecified atom stereocenters. The van der Waals surface area contributed by atoms with Gasteiger partial charge in [-0.2, -0.15) is 15.0 Å². The van der Waals surface area contributed by atoms with Crippen molar-refractivity contribution in [2.75, 3.05) is 74.9 Å². The SMILES string of the molecule is CNc1ccnc2c1ncn2[C@@H]1O[C@@H]2COP(=O)(O)O[C@@H]3[C@H](O)[C@@H](COP(=O)(O)O[C@H]2[C@H]1O)O[C@H]3n1cnc2c(=O)[nH]c(N)nc21.Nc1nc2c(ncn2[C@@H]2O[C@@H]3COP(=O)(O)O[C@H]4[C@@H](O)[C@H](n5cc(F)c6c(N)ccnc65)O[C@@H]4COP(=O)(O)O[C@@H]2[C@@H]3O)c(=O)[nH]1.Nc1nc2c(ncn2[C@@H]2O[C@@H]3COP(=O)(O)O[C@H]4[C@@H](O)[C@H](n5cnc6c(Cl)ccnc65)O[C@@H]4COP(=O)(O)O[C@@H]2[C@@H]3O)c(=O)[nH]1. The maximum Gasteiger partial charge on any atom is 0.472 e. The van der Waals surface area contributed by atoms with Crippen LogP contribution in [0.25, 0.3) is 66.9 Å². The van der Waals surface area contributed by atoms with E-state index in [-0.39, 0.29) is 89.9 Å². The van der Waals surface area contributed by atoms with Gasteiger partial charge >= 0.3 is 46.9 Å². The highest BCUT2D eigenvalue weighted by molar-refractivity contribution is 7.48. The second-order valence-corrected chi connectivity index (χ2v) is 40.0. The maximum atomic E-state index is 14.8. The number of aliphatic hydroxyl groups is 6. The number of fused-ring (bicyclic) bond motifs is 15. The summed E-state index contributed by atoms with van der Waals surface area (Å²) in [5, 5.41) is 69.7. The lowest BCUT2D eigenvalue weighted by Crippen LogP contribution is -2.36. The summed E-state index contributed by atoms with van der Waals surface area (Å²) in [4.78, 5) is 152. The number of aliphatic hydroxyl groups excluding tert-OH is 6. The number of aromatic nitrogens is 20. The Morgan fingerprint density at radius 1 is 0.372 bits per heavy atom. The number of nitrogens with two attached hydrogens (primary N) is 4. The number of phosphoric acid groups is 6. The molecule has 0 radical (unpaired) electrons. The summed E-state index contributed by atoms with van der Waals surface area (Å²) in [7, 11) is -28.9. The van der Waals surface area contributed by atoms with Crippen molar-refractivity contribution in [2.24, 2.45) is 0 Å². The molecule has 0 aromatic carbocycles. The molecule has 12 aromatic heterocycles. The van der Waals surface area contributed by atoms with Gasteiger partial charge in [0.15, 0.2) is 88.0 Å². The summed E-state index contributed by atoms with van der Waals surface area (Å²) in [5.74, 6) is -1.67. The minimum absolute atomic E-state index is 0.0367. The average Bonchev–Trinajstić information content (AvgIpc) is 1.58. The molecule has 30 atom stereocenters. The van der Waals surface area contributed by atoms with E-state index >= 15 is 0 Å². The molecule has 137 heavy (non-hydrogen) atoms. The van der Waals surface area contributed by atoms with Crippen molar-refractivity contribution < 1.29 is 174 Å². The number of rotatable bonds is 7. The molecule has 0 amide bonds. The fourth-order valence-electron chi connectivity index (χ4n) is 16.5. The Morgan fingerprint density at radius 2 is 0.657 bits per heavy atom. The van der Waals surface area contributed by atoms with E-state index in [0.717, 1.165) is 43.4 Å². The minimum atomic E-state index is -5.16. The number of hydrogen-bond acceptors (Lipinski definition) is 49. The van der Waals surface area contributed by atoms with Crippen LogP contribution < -0.4 is 44.9 Å². The standard InChI is InChI=1S/C22H25FN8O13P2.C22H27N9O13P2.C21H23ClN8O13P2/c23-7-3-30(17-11(7)8(24)1-2-26-17)20-14(33)15-10(42-20)5-40-46(37,38)44-16-13(32)9(4-39-45(35,36)43-15)41-21(16)31-6-27-12-18(31)28-22(25)29-19(12)34;1-24-8-2-3-25-17-11(8)26-6-30(17)20-14(33)15-10(42-20)5-40-46(37,38)44-16-13(32)9(4-39-45(35,36)43-15)41-21(16)31-7-27-12-18(31)28-22(23)29-19(12)34;22-7-1-2-24-16-10(7)25-5-29(16)19-13(32)14-9(41-19)4-39-45(36,37)43-15-12(31)8(3-38-44(34,35)42-14)40-20(15)30-6-26-11-17(30)27-21(23)28-18(11)33/h1-3,6,9-10,13-16,20-21,32-33H,4-5H2,(H2,24,26)(H,35,36)(H,37,38)(H3,25,28,29,34);2-3,6-7,9-10,13-16,20-21,32-33H,4-5H2,1H3,(H,24,25)(H,35,36)(H,37,38)(H3,23,28,29,34);1-2,5-6,8-9,12-15,19-20,31-32H,3-4H2,(H,34,35)(H,36,37)(H3,23,27,28,33)/t2*9-,10-,13-,14-,15-,16-,20-,21-;8-,9-,12-,13-,14-,15-,19-,20-/m111/s1. The number of nitrogens with zero attached hydrogens (tertiary/aromatic N) is 17. The van der Waals surface area contributed by atoms with E-state index in [1.54, 1.807) is 13.1 Å². The van der Waals surface area contributed by atoms with Crippen LogP contribution >= 0.6 is 58.5 Å². The second kappa shape index (κ2) is 36.5. The molecule has 738 valence electrons. The molecule has 21 rings (SSSR count). The minimum Gasteiger partial charge on any atom is -0.398 e. The molecule has 12 aromatic rings. The largest absolute Gasteiger partial charge is 0.472 e. The molecule has 72 heteroatoms. The van der Waals surface area contributed by atoms with Crippen LogP contribution in [-0.4, -0.2) is 314 Å². The molecule has 9 fully saturated rings. The topological polar surface area (TPSA) is 897 Å². The van der Waals surface area contributed by atoms with E-state index in [0.29, 0.717) is 11.2 Å². The predicted octanol–water partition coefficient (Wildman–Crippen LogP) is -2.93. The third-order valence-corrected chi connectivity index (χ3v) is 28.9. The molecule has 9 aliphatic heterocycles. The number of H-pyrrole nitrogens is 3. The van der Waals surface area contributed by atoms with Gasteiger partial charge in [-0.25, -0.2) is 71.7 Å². The lowest BCUT2D eigenvalue weighted by molar-refractivity contribution is -0.0673. The summed E-state index contributed by atoms with van der Waals surface area (Å²) in [5.41, 5.74) is 21.6. The van der Waals surface area contributed by atoms with Gasteiger partial charge in [-0.1, -0.05) is 11.6 Å². The third kappa shape index (κ3) is 18.5. The molecule has 0 spiro atoms. The van der Waals surface area contributed by atoms with Crippen LogP contribution in [0.3, 0.4) is 0 Å². The van der Waals surface area contributed by atoms with E-state index in [2.05, 4.69) is 75.1 Å². The van der Waals surface area contributed by atoms with Crippen molar-refractivity contribution in [3.63, 3.8) is 0 Å². The summed E-state index contributed by atoms with van der Waals surface area (Å²) in [6, 6.07) is 4.53. The lowest BCUT2D eigenvalue weighted by Gasteiger charge is -2.25. The Balaban J connectivity index is 0.000000132. The zero-order valence-electron chi connectivity index (χ0n) is 68.8. The van der Waals surface area contributed by atoms with E-state index in [1.165, 1.54) is 52.5 Å². The van der Waals surface area contributed by atoms with E-state index in [4.69, 9.17) is 117 Å². The summed E-state index contributed by atoms with van der Waals surface area (Å²) in [6.07, 6.45) is -27.3. The molecular formula is C65H75ClFN25O39P6. The number of ether oxygens (including phenoxy) is 6. The highest BCUT2D eigenvalue weighted by Crippen LogP contribution is 2.59. The predicted molar refractivity (Wildman–Crippen MR) is 445 cm³/mol. The van der Waals surface area contributed by atoms with Crippen molar-refractivity contribution in [2.45, 2.75) is 147 Å². The van der Waals surface area contributed by atoms with Crippen molar-refractivity contribution in [3.05, 3.63) is 117 Å². The quantitative estimate of drug-likeness (QED) is 0.0710. The second-order valence-electron chi connectivity index (χ2n) is 31.2. The highest BCUT2D eigenvalue weighted by Gasteiger charge is 2.59. The number of anilines is 5. The first-order valence-corrected chi connectivity index (χ1v) is 49.2. The van der Waals surface area contributed by atoms with Gasteiger partial charge in [-0.3, -0.25) is 106 Å². The molecule has 9 aliphatic rings. The number of pyridine rings is 3. The van der Waals surface area contributed by atoms with Crippen LogP contribution in [-0.2, 0) is 110 Å². The number of hydrogen-bond donors (Lipinski definition) is 20. The number of halogens is 2. The van der Waals surface area contributed by atoms with Crippen LogP contribution in [0.1, 0.15) is 37.4 Å². The maximum absolute atomic E-state index is 14.8. The zero-order chi connectivity index (χ0) is 97.1. The molecule has 64 nitrogen and oxygen atoms in total. The normalized spacial score (nSPS) is 37.3. The van der Waals surface area contributed by atoms with E-state index in [1.807, 2.05) is 0 Å². The number of aromatic amines is 3. The van der Waals surface area contributed by atoms with Gasteiger partial charge in [0, 0.05) is 37.5 Å². The first kappa shape index (κ1) is 96.3. The van der Waals surface area contributed by atoms with Gasteiger partial charge in [0.1, 0.15) is 127 Å². The van der Waals surface area contributed by atoms with Crippen LogP contribution in [0, 0.1) is 5.82 Å². The first-order chi connectivity index (χ1) is 64.9. The van der Waals surface area contributed by atoms with Gasteiger partial charge in [-0.15, -0.1) is 0 Å². The Labute approximate surface area is 761 Å². The summed E-state index contributed by atoms with van der Waals surface area (Å²) < 4.78 is 198. The van der Waals surface area contributed by atoms with Crippen LogP contribution in [0.4, 0.5) is 33.6 Å². The van der Waals surface area contributed by atoms with Crippen LogP contribution in [0.15, 0.2) is 89.0 Å². The zero-order valence-corrected chi connectivity index (χ0v) is 74.9. The van der Waals surface area contributed by atoms with Crippen molar-refractivity contribution in [1.29, 1.82) is 0 Å². The molecule has 21 heterocycles. The Morgan fingerprint density at radius 3 is 1.01 bits per heavy atom. The van der Waals surface area contributed by atoms with E-state index < -0.39 is 256 Å². The number of nitrogens with one attached hydrogen (secondary N) is 4. The lowest BCUT2D eigenvalue weighted by atomic mass is 10.1. The molecule has 0 aliphatic carbocycles. The van der Waals surface area contributed by atoms with Crippen molar-refractivity contribution in [3.8, 4) is 0 Å². The smallest absolute Gasteiger partial charge is 0.398 e. The van der Waals surface area contributed by atoms with Gasteiger partial charge in [0.25, 0.3) is 16.7 Å². The van der Waals surface area contributed by atoms with Gasteiger partial charge in [0.2, 0.25) is 17.8 Å². The van der Waals surface area contributed by atoms with E-state index in [9.17, 15) is 106 Å². The molecule has 6 bridgehead atoms. The highest BCUT2D eigenvalue weighted by atomic mass is 35.5. The van der Waals surface area contributed by atoms with Crippen LogP contribution in [0.5, 0.6) is 0 Å². The summed E-state index contributed by atoms with van der Waals surface area (Å²) >= 11 is 6.17. The Hall–Kier alpha value is -9.62. The Kier molecular flexibility index (Phi) is 25.6. The monoisotopic (exact) mass is 2070 g/mol. The molecule has 0 saturated carbocycles. The first-order valence-electron chi connectivity index (χ1n) is 39.9. The molecule has 24 N–H and O–H groups in total.